The van der Waals surface area contributed by atoms with Gasteiger partial charge in [0.05, 0.1) is 26.4 Å². The number of hydrogen-bond donors (Lipinski definition) is 6. The largest absolute Gasteiger partial charge is 0.507 e. The highest BCUT2D eigenvalue weighted by Gasteiger charge is 2.19. The number of aliphatic hydroxyl groups excluding tert-OH is 4. The molecule has 6 nitrogen and oxygen atoms in total. The Balaban J connectivity index is 2.65. The van der Waals surface area contributed by atoms with Crippen molar-refractivity contribution < 1.29 is 30.6 Å². The van der Waals surface area contributed by atoms with Gasteiger partial charge in [0.2, 0.25) is 0 Å². The summed E-state index contributed by atoms with van der Waals surface area (Å²) < 4.78 is 0. The third-order valence-electron chi connectivity index (χ3n) is 4.62. The zero-order chi connectivity index (χ0) is 18.7. The van der Waals surface area contributed by atoms with Crippen LogP contribution in [0, 0.1) is 13.8 Å². The molecular weight excluding hydrogens is 324 g/mol. The fourth-order valence-electron chi connectivity index (χ4n) is 3.24. The first kappa shape index (κ1) is 19.2. The summed E-state index contributed by atoms with van der Waals surface area (Å²) in [4.78, 5) is 0. The molecule has 0 fully saturated rings. The van der Waals surface area contributed by atoms with Gasteiger partial charge < -0.3 is 30.6 Å². The number of benzene rings is 2. The summed E-state index contributed by atoms with van der Waals surface area (Å²) in [6.45, 7) is 1.90. The van der Waals surface area contributed by atoms with E-state index in [0.29, 0.717) is 39.8 Å². The van der Waals surface area contributed by atoms with Gasteiger partial charge in [-0.25, -0.2) is 0 Å². The number of phenols is 2. The van der Waals surface area contributed by atoms with Gasteiger partial charge in [0.15, 0.2) is 0 Å². The molecule has 0 atom stereocenters. The second-order valence-corrected chi connectivity index (χ2v) is 6.13. The molecule has 0 heterocycles. The lowest BCUT2D eigenvalue weighted by Gasteiger charge is -2.19. The van der Waals surface area contributed by atoms with Crippen molar-refractivity contribution >= 4 is 0 Å². The van der Waals surface area contributed by atoms with Crippen LogP contribution < -0.4 is 0 Å². The minimum atomic E-state index is -0.403. The summed E-state index contributed by atoms with van der Waals surface area (Å²) >= 11 is 0. The monoisotopic (exact) mass is 348 g/mol. The third-order valence-corrected chi connectivity index (χ3v) is 4.62. The highest BCUT2D eigenvalue weighted by Crippen LogP contribution is 2.34. The van der Waals surface area contributed by atoms with Gasteiger partial charge in [0.1, 0.15) is 11.5 Å². The van der Waals surface area contributed by atoms with Crippen LogP contribution in [0.3, 0.4) is 0 Å². The number of hydrogen-bond acceptors (Lipinski definition) is 6. The van der Waals surface area contributed by atoms with E-state index in [1.54, 1.807) is 26.0 Å². The first-order valence-electron chi connectivity index (χ1n) is 7.99. The molecule has 0 aliphatic heterocycles. The number of rotatable bonds is 6. The minimum absolute atomic E-state index is 0.0457. The quantitative estimate of drug-likeness (QED) is 0.468. The maximum Gasteiger partial charge on any atom is 0.124 e. The second-order valence-electron chi connectivity index (χ2n) is 6.13. The Morgan fingerprint density at radius 2 is 0.920 bits per heavy atom. The second kappa shape index (κ2) is 7.84. The normalized spacial score (nSPS) is 11.1. The Labute approximate surface area is 146 Å². The van der Waals surface area contributed by atoms with Gasteiger partial charge in [-0.15, -0.1) is 0 Å². The van der Waals surface area contributed by atoms with Crippen LogP contribution in [0.25, 0.3) is 0 Å². The Morgan fingerprint density at radius 3 is 1.20 bits per heavy atom. The summed E-state index contributed by atoms with van der Waals surface area (Å²) in [6.07, 6.45) is 0.314. The molecule has 2 aromatic carbocycles. The van der Waals surface area contributed by atoms with Crippen molar-refractivity contribution in [3.8, 4) is 11.5 Å². The van der Waals surface area contributed by atoms with E-state index in [0.717, 1.165) is 0 Å². The molecule has 6 N–H and O–H groups in total. The number of aromatic hydroxyl groups is 2. The van der Waals surface area contributed by atoms with Gasteiger partial charge >= 0.3 is 0 Å². The maximum absolute atomic E-state index is 10.1. The van der Waals surface area contributed by atoms with Crippen molar-refractivity contribution in [2.75, 3.05) is 0 Å². The molecule has 2 rings (SSSR count). The highest BCUT2D eigenvalue weighted by molar-refractivity contribution is 5.54. The highest BCUT2D eigenvalue weighted by atomic mass is 16.3. The van der Waals surface area contributed by atoms with E-state index in [1.807, 2.05) is 0 Å². The molecule has 25 heavy (non-hydrogen) atoms. The van der Waals surface area contributed by atoms with Crippen molar-refractivity contribution in [2.45, 2.75) is 46.7 Å². The first-order valence-corrected chi connectivity index (χ1v) is 7.99. The summed E-state index contributed by atoms with van der Waals surface area (Å²) in [6, 6.07) is 3.45. The first-order chi connectivity index (χ1) is 11.9. The molecular formula is C19H24O6. The van der Waals surface area contributed by atoms with E-state index >= 15 is 0 Å². The molecule has 0 radical (unpaired) electrons. The Bertz CT molecular complexity index is 717. The summed E-state index contributed by atoms with van der Waals surface area (Å²) in [5, 5.41) is 58.6. The van der Waals surface area contributed by atoms with Gasteiger partial charge in [0.25, 0.3) is 0 Å². The van der Waals surface area contributed by atoms with Crippen LogP contribution in [-0.2, 0) is 32.8 Å². The molecule has 0 unspecified atom stereocenters. The molecule has 0 saturated heterocycles. The lowest BCUT2D eigenvalue weighted by Crippen LogP contribution is -2.07. The van der Waals surface area contributed by atoms with E-state index in [4.69, 9.17) is 0 Å². The van der Waals surface area contributed by atoms with Crippen LogP contribution in [0.2, 0.25) is 0 Å². The van der Waals surface area contributed by atoms with E-state index in [1.165, 1.54) is 0 Å². The summed E-state index contributed by atoms with van der Waals surface area (Å²) in [5.74, 6) is -0.0915. The zero-order valence-electron chi connectivity index (χ0n) is 14.4. The van der Waals surface area contributed by atoms with Crippen molar-refractivity contribution in [1.29, 1.82) is 0 Å². The SMILES string of the molecule is Cc1cc(Cc2cc(C)c(O)c(CO)c2CO)c(CO)c(CO)c1O. The van der Waals surface area contributed by atoms with Crippen LogP contribution in [0.4, 0.5) is 0 Å². The predicted octanol–water partition coefficient (Wildman–Crippen LogP) is 1.27. The molecule has 0 aliphatic carbocycles. The van der Waals surface area contributed by atoms with Crippen LogP contribution in [0.1, 0.15) is 44.5 Å². The van der Waals surface area contributed by atoms with E-state index in [9.17, 15) is 30.6 Å². The lowest BCUT2D eigenvalue weighted by atomic mass is 9.89. The standard InChI is InChI=1S/C19H24O6/c1-10-3-12(14(6-20)16(8-22)18(10)24)5-13-4-11(2)19(25)17(9-23)15(13)7-21/h3-4,20-25H,5-9H2,1-2H3. The van der Waals surface area contributed by atoms with Crippen LogP contribution in [0.15, 0.2) is 12.1 Å². The average Bonchev–Trinajstić information content (AvgIpc) is 2.60. The number of aliphatic hydroxyl groups is 4. The maximum atomic E-state index is 10.1. The van der Waals surface area contributed by atoms with Gasteiger partial charge in [-0.1, -0.05) is 12.1 Å². The molecule has 0 saturated carbocycles. The summed E-state index contributed by atoms with van der Waals surface area (Å²) in [7, 11) is 0. The topological polar surface area (TPSA) is 121 Å². The van der Waals surface area contributed by atoms with E-state index in [2.05, 4.69) is 0 Å². The van der Waals surface area contributed by atoms with E-state index < -0.39 is 13.2 Å². The molecule has 0 aliphatic rings. The Kier molecular flexibility index (Phi) is 6.02. The van der Waals surface area contributed by atoms with Crippen molar-refractivity contribution in [3.63, 3.8) is 0 Å². The lowest BCUT2D eigenvalue weighted by molar-refractivity contribution is 0.253. The molecule has 0 aromatic heterocycles. The zero-order valence-corrected chi connectivity index (χ0v) is 14.4. The van der Waals surface area contributed by atoms with Gasteiger partial charge in [-0.05, 0) is 53.6 Å². The Hall–Kier alpha value is -2.12. The van der Waals surface area contributed by atoms with Crippen molar-refractivity contribution in [3.05, 3.63) is 56.6 Å². The van der Waals surface area contributed by atoms with Gasteiger partial charge in [-0.2, -0.15) is 0 Å². The third kappa shape index (κ3) is 3.48. The van der Waals surface area contributed by atoms with Crippen LogP contribution >= 0.6 is 0 Å². The van der Waals surface area contributed by atoms with Crippen molar-refractivity contribution in [2.24, 2.45) is 0 Å². The van der Waals surface area contributed by atoms with Crippen LogP contribution in [0.5, 0.6) is 11.5 Å². The molecule has 0 bridgehead atoms. The number of aryl methyl sites for hydroxylation is 2. The summed E-state index contributed by atoms with van der Waals surface area (Å²) in [5.41, 5.74) is 3.97. The molecule has 0 spiro atoms. The molecule has 136 valence electrons. The smallest absolute Gasteiger partial charge is 0.124 e. The Morgan fingerprint density at radius 1 is 0.600 bits per heavy atom. The predicted molar refractivity (Wildman–Crippen MR) is 92.2 cm³/mol. The molecule has 6 heteroatoms. The minimum Gasteiger partial charge on any atom is -0.507 e. The van der Waals surface area contributed by atoms with Gasteiger partial charge in [0, 0.05) is 11.1 Å². The van der Waals surface area contributed by atoms with Crippen LogP contribution in [-0.4, -0.2) is 30.6 Å². The van der Waals surface area contributed by atoms with E-state index in [-0.39, 0.29) is 35.8 Å². The van der Waals surface area contributed by atoms with Crippen molar-refractivity contribution in [1.82, 2.24) is 0 Å². The van der Waals surface area contributed by atoms with Gasteiger partial charge in [-0.3, -0.25) is 0 Å². The fraction of sp³-hybridized carbons (Fsp3) is 0.368. The average molecular weight is 348 g/mol. The molecule has 2 aromatic rings. The molecule has 0 amide bonds. The fourth-order valence-corrected chi connectivity index (χ4v) is 3.24.